The van der Waals surface area contributed by atoms with Crippen molar-refractivity contribution in [1.29, 1.82) is 0 Å². The van der Waals surface area contributed by atoms with Crippen molar-refractivity contribution in [2.24, 2.45) is 7.05 Å². The molecule has 0 spiro atoms. The molecule has 0 unspecified atom stereocenters. The lowest BCUT2D eigenvalue weighted by Gasteiger charge is -2.33. The topological polar surface area (TPSA) is 46.9 Å². The van der Waals surface area contributed by atoms with Gasteiger partial charge in [0.2, 0.25) is 5.13 Å². The van der Waals surface area contributed by atoms with E-state index < -0.39 is 34.0 Å². The number of nitrogens with zero attached hydrogens (tertiary/aromatic N) is 2. The number of benzene rings is 1. The van der Waals surface area contributed by atoms with Crippen LogP contribution in [0.1, 0.15) is 21.6 Å². The van der Waals surface area contributed by atoms with E-state index in [4.69, 9.17) is 23.2 Å². The lowest BCUT2D eigenvalue weighted by Crippen LogP contribution is -2.45. The molecule has 1 heterocycles. The fourth-order valence-corrected chi connectivity index (χ4v) is 3.13. The van der Waals surface area contributed by atoms with Gasteiger partial charge in [-0.3, -0.25) is 9.48 Å². The first-order valence-corrected chi connectivity index (χ1v) is 8.65. The number of carbonyl (C=O) groups excluding carboxylic acids is 1. The molecule has 10 heteroatoms. The molecule has 0 saturated carbocycles. The van der Waals surface area contributed by atoms with Gasteiger partial charge in [0.1, 0.15) is 5.54 Å². The highest BCUT2D eigenvalue weighted by Crippen LogP contribution is 2.36. The summed E-state index contributed by atoms with van der Waals surface area (Å²) in [6.45, 7) is 0. The van der Waals surface area contributed by atoms with E-state index in [0.29, 0.717) is 10.6 Å². The van der Waals surface area contributed by atoms with E-state index in [1.807, 2.05) is 0 Å². The molecule has 1 aromatic heterocycles. The summed E-state index contributed by atoms with van der Waals surface area (Å²) >= 11 is 11.6. The van der Waals surface area contributed by atoms with Crippen LogP contribution < -0.4 is 5.32 Å². The highest BCUT2D eigenvalue weighted by Gasteiger charge is 2.41. The molecular formula is C18H13Cl2F4N3O. The first kappa shape index (κ1) is 20.4. The smallest absolute Gasteiger partial charge is 0.335 e. The molecule has 1 amide bonds. The Kier molecular flexibility index (Phi) is 5.05. The van der Waals surface area contributed by atoms with Crippen LogP contribution in [0.5, 0.6) is 0 Å². The average Bonchev–Trinajstić information content (AvgIpc) is 2.99. The van der Waals surface area contributed by atoms with Crippen molar-refractivity contribution in [3.05, 3.63) is 76.6 Å². The van der Waals surface area contributed by atoms with Gasteiger partial charge in [-0.2, -0.15) is 18.3 Å². The Morgan fingerprint density at radius 3 is 2.43 bits per heavy atom. The molecule has 0 fully saturated rings. The zero-order valence-electron chi connectivity index (χ0n) is 14.3. The van der Waals surface area contributed by atoms with E-state index in [9.17, 15) is 22.4 Å². The summed E-state index contributed by atoms with van der Waals surface area (Å²) in [6.07, 6.45) is 0.633. The van der Waals surface area contributed by atoms with Crippen molar-refractivity contribution in [2.45, 2.75) is 16.8 Å². The molecule has 1 N–H and O–H groups in total. The van der Waals surface area contributed by atoms with Gasteiger partial charge in [-0.1, -0.05) is 35.3 Å². The van der Waals surface area contributed by atoms with Gasteiger partial charge in [0.05, 0.1) is 5.56 Å². The molecule has 3 rings (SSSR count). The second-order valence-electron chi connectivity index (χ2n) is 6.24. The standard InChI is InChI=1S/C18H13Cl2F4N3O/c1-27-10-13(14(26-27)18(22,23)24)15(28)25-16(5-7-17(20,21)8-6-16)11-3-2-4-12(19)9-11/h2-10H,1H3,(H,25,28). The van der Waals surface area contributed by atoms with Crippen LogP contribution in [0.2, 0.25) is 5.02 Å². The van der Waals surface area contributed by atoms with Crippen LogP contribution in [0, 0.1) is 0 Å². The number of allylic oxidation sites excluding steroid dienone is 2. The number of alkyl halides is 5. The summed E-state index contributed by atoms with van der Waals surface area (Å²) in [6, 6.07) is 6.27. The van der Waals surface area contributed by atoms with Crippen LogP contribution in [-0.2, 0) is 18.8 Å². The maximum absolute atomic E-state index is 14.0. The van der Waals surface area contributed by atoms with Crippen LogP contribution in [0.15, 0.2) is 54.8 Å². The van der Waals surface area contributed by atoms with Crippen molar-refractivity contribution in [3.8, 4) is 0 Å². The van der Waals surface area contributed by atoms with Gasteiger partial charge in [0.15, 0.2) is 5.69 Å². The zero-order valence-corrected chi connectivity index (χ0v) is 15.8. The van der Waals surface area contributed by atoms with Gasteiger partial charge in [-0.25, -0.2) is 4.39 Å². The highest BCUT2D eigenvalue weighted by atomic mass is 35.5. The van der Waals surface area contributed by atoms with E-state index in [-0.39, 0.29) is 0 Å². The van der Waals surface area contributed by atoms with E-state index in [1.54, 1.807) is 18.2 Å². The van der Waals surface area contributed by atoms with Crippen molar-refractivity contribution in [1.82, 2.24) is 15.1 Å². The highest BCUT2D eigenvalue weighted by molar-refractivity contribution is 6.30. The molecular weight excluding hydrogens is 421 g/mol. The Bertz CT molecular complexity index is 963. The monoisotopic (exact) mass is 433 g/mol. The summed E-state index contributed by atoms with van der Waals surface area (Å²) in [5.41, 5.74) is -3.04. The summed E-state index contributed by atoms with van der Waals surface area (Å²) < 4.78 is 54.5. The summed E-state index contributed by atoms with van der Waals surface area (Å²) in [5, 5.41) is 3.87. The lowest BCUT2D eigenvalue weighted by atomic mass is 9.85. The minimum atomic E-state index is -4.82. The van der Waals surface area contributed by atoms with Crippen LogP contribution in [0.4, 0.5) is 17.6 Å². The SMILES string of the molecule is Cn1cc(C(=O)NC2(c3cccc(Cl)c3)C=CC(F)(Cl)C=C2)c(C(F)(F)F)n1. The van der Waals surface area contributed by atoms with Gasteiger partial charge in [0, 0.05) is 18.3 Å². The van der Waals surface area contributed by atoms with Crippen molar-refractivity contribution in [3.63, 3.8) is 0 Å². The Morgan fingerprint density at radius 2 is 1.86 bits per heavy atom. The van der Waals surface area contributed by atoms with Gasteiger partial charge >= 0.3 is 6.18 Å². The maximum atomic E-state index is 14.0. The third-order valence-corrected chi connectivity index (χ3v) is 4.59. The predicted octanol–water partition coefficient (Wildman–Crippen LogP) is 4.75. The summed E-state index contributed by atoms with van der Waals surface area (Å²) in [7, 11) is 1.27. The Hall–Kier alpha value is -2.32. The number of hydrogen-bond donors (Lipinski definition) is 1. The molecule has 1 aromatic carbocycles. The number of aryl methyl sites for hydroxylation is 1. The van der Waals surface area contributed by atoms with Crippen molar-refractivity contribution >= 4 is 29.1 Å². The molecule has 28 heavy (non-hydrogen) atoms. The molecule has 2 aromatic rings. The third-order valence-electron chi connectivity index (χ3n) is 4.10. The Morgan fingerprint density at radius 1 is 1.21 bits per heavy atom. The Balaban J connectivity index is 2.05. The minimum absolute atomic E-state index is 0.327. The van der Waals surface area contributed by atoms with Gasteiger partial charge in [0.25, 0.3) is 5.91 Å². The Labute approximate surface area is 167 Å². The molecule has 0 saturated heterocycles. The van der Waals surface area contributed by atoms with Crippen LogP contribution >= 0.6 is 23.2 Å². The molecule has 0 aliphatic heterocycles. The van der Waals surface area contributed by atoms with Gasteiger partial charge < -0.3 is 5.32 Å². The van der Waals surface area contributed by atoms with E-state index in [0.717, 1.165) is 23.0 Å². The maximum Gasteiger partial charge on any atom is 0.435 e. The summed E-state index contributed by atoms with van der Waals surface area (Å²) in [4.78, 5) is 12.7. The minimum Gasteiger partial charge on any atom is -0.335 e. The van der Waals surface area contributed by atoms with Crippen LogP contribution in [0.25, 0.3) is 0 Å². The molecule has 1 aliphatic rings. The lowest BCUT2D eigenvalue weighted by molar-refractivity contribution is -0.141. The summed E-state index contributed by atoms with van der Waals surface area (Å²) in [5.74, 6) is -1.05. The molecule has 0 bridgehead atoms. The fourth-order valence-electron chi connectivity index (χ4n) is 2.81. The number of hydrogen-bond acceptors (Lipinski definition) is 2. The molecule has 0 radical (unpaired) electrons. The second kappa shape index (κ2) is 6.93. The predicted molar refractivity (Wildman–Crippen MR) is 96.8 cm³/mol. The van der Waals surface area contributed by atoms with E-state index >= 15 is 0 Å². The number of amides is 1. The third kappa shape index (κ3) is 4.07. The number of aromatic nitrogens is 2. The molecule has 0 atom stereocenters. The number of carbonyl (C=O) groups is 1. The van der Waals surface area contributed by atoms with Crippen molar-refractivity contribution in [2.75, 3.05) is 0 Å². The zero-order chi connectivity index (χ0) is 20.7. The van der Waals surface area contributed by atoms with Crippen LogP contribution in [0.3, 0.4) is 0 Å². The van der Waals surface area contributed by atoms with Crippen molar-refractivity contribution < 1.29 is 22.4 Å². The number of halogens is 6. The number of rotatable bonds is 3. The fraction of sp³-hybridized carbons (Fsp3) is 0.222. The largest absolute Gasteiger partial charge is 0.435 e. The van der Waals surface area contributed by atoms with Crippen LogP contribution in [-0.4, -0.2) is 20.8 Å². The number of nitrogens with one attached hydrogen (secondary N) is 1. The second-order valence-corrected chi connectivity index (χ2v) is 7.25. The van der Waals surface area contributed by atoms with Gasteiger partial charge in [-0.15, -0.1) is 0 Å². The molecule has 148 valence electrons. The normalized spacial score (nSPS) is 24.4. The van der Waals surface area contributed by atoms with E-state index in [1.165, 1.54) is 25.3 Å². The first-order valence-electron chi connectivity index (χ1n) is 7.90. The average molecular weight is 434 g/mol. The quantitative estimate of drug-likeness (QED) is 0.431. The first-order chi connectivity index (χ1) is 12.9. The molecule has 1 aliphatic carbocycles. The van der Waals surface area contributed by atoms with E-state index in [2.05, 4.69) is 10.4 Å². The molecule has 4 nitrogen and oxygen atoms in total. The van der Waals surface area contributed by atoms with Gasteiger partial charge in [-0.05, 0) is 42.0 Å².